The zero-order chi connectivity index (χ0) is 15.0. The lowest BCUT2D eigenvalue weighted by Gasteiger charge is -2.18. The van der Waals surface area contributed by atoms with Crippen molar-refractivity contribution in [3.8, 4) is 11.5 Å². The van der Waals surface area contributed by atoms with Gasteiger partial charge in [0.1, 0.15) is 0 Å². The number of hydrogen-bond donors (Lipinski definition) is 0. The first kappa shape index (κ1) is 16.8. The van der Waals surface area contributed by atoms with Crippen LogP contribution in [0.1, 0.15) is 24.8 Å². The van der Waals surface area contributed by atoms with E-state index < -0.39 is 0 Å². The van der Waals surface area contributed by atoms with Gasteiger partial charge in [0.2, 0.25) is 5.91 Å². The second kappa shape index (κ2) is 8.84. The fraction of sp³-hybridized carbons (Fsp3) is 0.533. The number of ether oxygens (including phenoxy) is 2. The summed E-state index contributed by atoms with van der Waals surface area (Å²) in [4.78, 5) is 13.7. The third kappa shape index (κ3) is 5.04. The highest BCUT2D eigenvalue weighted by molar-refractivity contribution is 9.09. The normalized spacial score (nSPS) is 10.2. The molecule has 0 saturated carbocycles. The van der Waals surface area contributed by atoms with Gasteiger partial charge in [-0.1, -0.05) is 22.0 Å². The Kier molecular flexibility index (Phi) is 7.44. The van der Waals surface area contributed by atoms with Crippen molar-refractivity contribution in [3.05, 3.63) is 23.8 Å². The second-order valence-electron chi connectivity index (χ2n) is 4.59. The van der Waals surface area contributed by atoms with E-state index in [0.717, 1.165) is 23.7 Å². The summed E-state index contributed by atoms with van der Waals surface area (Å²) in [6.07, 6.45) is 2.53. The number of benzene rings is 1. The van der Waals surface area contributed by atoms with Crippen molar-refractivity contribution in [2.24, 2.45) is 0 Å². The Morgan fingerprint density at radius 1 is 1.20 bits per heavy atom. The molecule has 0 atom stereocenters. The number of nitrogens with zero attached hydrogens (tertiary/aromatic N) is 1. The van der Waals surface area contributed by atoms with Crippen LogP contribution in [0.25, 0.3) is 0 Å². The molecule has 1 rings (SSSR count). The van der Waals surface area contributed by atoms with Gasteiger partial charge >= 0.3 is 0 Å². The average Bonchev–Trinajstić information content (AvgIpc) is 2.47. The zero-order valence-corrected chi connectivity index (χ0v) is 13.9. The Balaban J connectivity index is 2.61. The molecule has 20 heavy (non-hydrogen) atoms. The molecule has 0 aliphatic rings. The molecule has 0 spiro atoms. The summed E-state index contributed by atoms with van der Waals surface area (Å²) < 4.78 is 10.5. The lowest BCUT2D eigenvalue weighted by atomic mass is 10.1. The maximum Gasteiger partial charge on any atom is 0.222 e. The van der Waals surface area contributed by atoms with Gasteiger partial charge in [-0.2, -0.15) is 0 Å². The molecule has 0 unspecified atom stereocenters. The lowest BCUT2D eigenvalue weighted by molar-refractivity contribution is -0.130. The van der Waals surface area contributed by atoms with Gasteiger partial charge < -0.3 is 14.4 Å². The van der Waals surface area contributed by atoms with Gasteiger partial charge in [-0.15, -0.1) is 0 Å². The predicted molar refractivity (Wildman–Crippen MR) is 83.7 cm³/mol. The number of hydrogen-bond acceptors (Lipinski definition) is 3. The van der Waals surface area contributed by atoms with E-state index in [9.17, 15) is 4.79 Å². The third-order valence-electron chi connectivity index (χ3n) is 3.07. The quantitative estimate of drug-likeness (QED) is 0.537. The number of methoxy groups -OCH3 is 2. The fourth-order valence-corrected chi connectivity index (χ4v) is 2.30. The maximum absolute atomic E-state index is 12.0. The molecule has 0 bridgehead atoms. The number of rotatable bonds is 8. The standard InChI is InChI=1S/C15H22BrNO3/c1-17(15(18)6-4-5-9-16)11-12-7-8-13(19-2)14(10-12)20-3/h7-8,10H,4-6,9,11H2,1-3H3. The topological polar surface area (TPSA) is 38.8 Å². The fourth-order valence-electron chi connectivity index (χ4n) is 1.90. The molecule has 0 N–H and O–H groups in total. The van der Waals surface area contributed by atoms with E-state index in [1.54, 1.807) is 19.1 Å². The van der Waals surface area contributed by atoms with Crippen LogP contribution in [0.15, 0.2) is 18.2 Å². The Morgan fingerprint density at radius 2 is 1.90 bits per heavy atom. The van der Waals surface area contributed by atoms with E-state index in [1.807, 2.05) is 25.2 Å². The molecule has 0 aliphatic heterocycles. The number of carbonyl (C=O) groups is 1. The van der Waals surface area contributed by atoms with Crippen LogP contribution in [0.5, 0.6) is 11.5 Å². The van der Waals surface area contributed by atoms with E-state index in [4.69, 9.17) is 9.47 Å². The van der Waals surface area contributed by atoms with E-state index in [2.05, 4.69) is 15.9 Å². The smallest absolute Gasteiger partial charge is 0.222 e. The molecule has 112 valence electrons. The molecule has 1 aromatic rings. The molecular weight excluding hydrogens is 322 g/mol. The summed E-state index contributed by atoms with van der Waals surface area (Å²) >= 11 is 3.37. The van der Waals surface area contributed by atoms with Crippen LogP contribution in [0.3, 0.4) is 0 Å². The summed E-state index contributed by atoms with van der Waals surface area (Å²) in [5.74, 6) is 1.55. The Morgan fingerprint density at radius 3 is 2.50 bits per heavy atom. The Bertz CT molecular complexity index is 437. The van der Waals surface area contributed by atoms with E-state index >= 15 is 0 Å². The largest absolute Gasteiger partial charge is 0.493 e. The van der Waals surface area contributed by atoms with Crippen molar-refractivity contribution in [3.63, 3.8) is 0 Å². The van der Waals surface area contributed by atoms with Crippen LogP contribution in [0.4, 0.5) is 0 Å². The van der Waals surface area contributed by atoms with Crippen LogP contribution in [0.2, 0.25) is 0 Å². The van der Waals surface area contributed by atoms with Crippen LogP contribution < -0.4 is 9.47 Å². The van der Waals surface area contributed by atoms with Crippen molar-refractivity contribution in [1.29, 1.82) is 0 Å². The molecule has 5 heteroatoms. The molecule has 0 aliphatic carbocycles. The highest BCUT2D eigenvalue weighted by atomic mass is 79.9. The number of amides is 1. The minimum absolute atomic E-state index is 0.167. The van der Waals surface area contributed by atoms with Gasteiger partial charge in [-0.3, -0.25) is 4.79 Å². The summed E-state index contributed by atoms with van der Waals surface area (Å²) in [6, 6.07) is 5.71. The summed E-state index contributed by atoms with van der Waals surface area (Å²) in [6.45, 7) is 0.577. The van der Waals surface area contributed by atoms with Gasteiger partial charge in [-0.25, -0.2) is 0 Å². The van der Waals surface area contributed by atoms with Gasteiger partial charge in [0.05, 0.1) is 14.2 Å². The molecule has 1 aromatic carbocycles. The number of unbranched alkanes of at least 4 members (excludes halogenated alkanes) is 1. The van der Waals surface area contributed by atoms with Crippen molar-refractivity contribution in [2.45, 2.75) is 25.8 Å². The maximum atomic E-state index is 12.0. The molecule has 0 saturated heterocycles. The average molecular weight is 344 g/mol. The zero-order valence-electron chi connectivity index (χ0n) is 12.3. The minimum atomic E-state index is 0.167. The van der Waals surface area contributed by atoms with Crippen molar-refractivity contribution >= 4 is 21.8 Å². The molecule has 0 aromatic heterocycles. The molecule has 4 nitrogen and oxygen atoms in total. The number of carbonyl (C=O) groups excluding carboxylic acids is 1. The first-order valence-corrected chi connectivity index (χ1v) is 7.75. The molecule has 1 amide bonds. The first-order chi connectivity index (χ1) is 9.62. The molecule has 0 fully saturated rings. The predicted octanol–water partition coefficient (Wildman–Crippen LogP) is 3.23. The van der Waals surface area contributed by atoms with Gasteiger partial charge in [0.25, 0.3) is 0 Å². The Labute approximate surface area is 129 Å². The number of halogens is 1. The van der Waals surface area contributed by atoms with Gasteiger partial charge in [0.15, 0.2) is 11.5 Å². The highest BCUT2D eigenvalue weighted by Gasteiger charge is 2.11. The van der Waals surface area contributed by atoms with Gasteiger partial charge in [0, 0.05) is 25.3 Å². The second-order valence-corrected chi connectivity index (χ2v) is 5.38. The monoisotopic (exact) mass is 343 g/mol. The van der Waals surface area contributed by atoms with Crippen LogP contribution in [-0.2, 0) is 11.3 Å². The Hall–Kier alpha value is -1.23. The van der Waals surface area contributed by atoms with Crippen LogP contribution >= 0.6 is 15.9 Å². The third-order valence-corrected chi connectivity index (χ3v) is 3.63. The van der Waals surface area contributed by atoms with Crippen LogP contribution in [-0.4, -0.2) is 37.4 Å². The lowest BCUT2D eigenvalue weighted by Crippen LogP contribution is -2.25. The molecule has 0 radical (unpaired) electrons. The summed E-state index contributed by atoms with van der Waals surface area (Å²) in [5, 5.41) is 0.944. The van der Waals surface area contributed by atoms with Crippen molar-refractivity contribution in [1.82, 2.24) is 4.90 Å². The first-order valence-electron chi connectivity index (χ1n) is 6.63. The molecule has 0 heterocycles. The molecular formula is C15H22BrNO3. The van der Waals surface area contributed by atoms with Crippen molar-refractivity contribution < 1.29 is 14.3 Å². The van der Waals surface area contributed by atoms with Gasteiger partial charge in [-0.05, 0) is 30.5 Å². The summed E-state index contributed by atoms with van der Waals surface area (Å²) in [7, 11) is 5.04. The highest BCUT2D eigenvalue weighted by Crippen LogP contribution is 2.27. The number of alkyl halides is 1. The SMILES string of the molecule is COc1ccc(CN(C)C(=O)CCCCBr)cc1OC. The van der Waals surface area contributed by atoms with Crippen molar-refractivity contribution in [2.75, 3.05) is 26.6 Å². The minimum Gasteiger partial charge on any atom is -0.493 e. The summed E-state index contributed by atoms with van der Waals surface area (Å²) in [5.41, 5.74) is 1.03. The van der Waals surface area contributed by atoms with E-state index in [0.29, 0.717) is 24.5 Å². The van der Waals surface area contributed by atoms with E-state index in [-0.39, 0.29) is 5.91 Å². The van der Waals surface area contributed by atoms with E-state index in [1.165, 1.54) is 0 Å². The van der Waals surface area contributed by atoms with Crippen LogP contribution in [0, 0.1) is 0 Å².